The minimum Gasteiger partial charge on any atom is -0.382 e. The van der Waals surface area contributed by atoms with E-state index >= 15 is 0 Å². The third-order valence-electron chi connectivity index (χ3n) is 2.61. The molecule has 5 heteroatoms. The molecule has 0 saturated carbocycles. The lowest BCUT2D eigenvalue weighted by molar-refractivity contribution is 0.203. The SMILES string of the molecule is Cc1ccc(F)c(C(O)c2ccn(C)n2)c1F. The number of aliphatic hydroxyl groups excluding tert-OH is 1. The van der Waals surface area contributed by atoms with Gasteiger partial charge in [0.2, 0.25) is 0 Å². The summed E-state index contributed by atoms with van der Waals surface area (Å²) in [6.07, 6.45) is 0.209. The van der Waals surface area contributed by atoms with Gasteiger partial charge in [-0.2, -0.15) is 5.10 Å². The third-order valence-corrected chi connectivity index (χ3v) is 2.61. The van der Waals surface area contributed by atoms with Crippen LogP contribution in [0.1, 0.15) is 22.9 Å². The molecule has 90 valence electrons. The Kier molecular flexibility index (Phi) is 2.93. The van der Waals surface area contributed by atoms with Crippen molar-refractivity contribution in [1.29, 1.82) is 0 Å². The smallest absolute Gasteiger partial charge is 0.135 e. The average molecular weight is 238 g/mol. The third kappa shape index (κ3) is 2.06. The second-order valence-electron chi connectivity index (χ2n) is 3.91. The molecule has 0 aliphatic rings. The second kappa shape index (κ2) is 4.25. The summed E-state index contributed by atoms with van der Waals surface area (Å²) in [5.41, 5.74) is 0.149. The number of benzene rings is 1. The van der Waals surface area contributed by atoms with Crippen molar-refractivity contribution in [3.05, 3.63) is 52.9 Å². The number of aromatic nitrogens is 2. The largest absolute Gasteiger partial charge is 0.382 e. The first-order chi connectivity index (χ1) is 8.00. The molecule has 0 aliphatic carbocycles. The molecule has 1 aromatic carbocycles. The lowest BCUT2D eigenvalue weighted by Gasteiger charge is -2.12. The molecule has 0 saturated heterocycles. The summed E-state index contributed by atoms with van der Waals surface area (Å²) >= 11 is 0. The molecule has 0 aliphatic heterocycles. The lowest BCUT2D eigenvalue weighted by atomic mass is 10.0. The highest BCUT2D eigenvalue weighted by Crippen LogP contribution is 2.27. The van der Waals surface area contributed by atoms with E-state index in [1.54, 1.807) is 13.2 Å². The molecule has 0 amide bonds. The average Bonchev–Trinajstić information content (AvgIpc) is 2.71. The number of aryl methyl sites for hydroxylation is 2. The number of halogens is 2. The predicted octanol–water partition coefficient (Wildman–Crippen LogP) is 2.09. The van der Waals surface area contributed by atoms with Gasteiger partial charge >= 0.3 is 0 Å². The summed E-state index contributed by atoms with van der Waals surface area (Å²) in [6.45, 7) is 1.52. The highest BCUT2D eigenvalue weighted by atomic mass is 19.1. The van der Waals surface area contributed by atoms with Crippen LogP contribution in [-0.2, 0) is 7.05 Å². The molecule has 1 unspecified atom stereocenters. The summed E-state index contributed by atoms with van der Waals surface area (Å²) in [5.74, 6) is -1.51. The van der Waals surface area contributed by atoms with Gasteiger partial charge in [0.05, 0.1) is 11.3 Å². The van der Waals surface area contributed by atoms with E-state index in [1.165, 1.54) is 23.7 Å². The molecule has 1 N–H and O–H groups in total. The monoisotopic (exact) mass is 238 g/mol. The van der Waals surface area contributed by atoms with Crippen molar-refractivity contribution in [2.24, 2.45) is 7.05 Å². The van der Waals surface area contributed by atoms with Crippen LogP contribution in [0, 0.1) is 18.6 Å². The molecule has 1 aromatic heterocycles. The Balaban J connectivity index is 2.50. The van der Waals surface area contributed by atoms with E-state index in [4.69, 9.17) is 0 Å². The highest BCUT2D eigenvalue weighted by molar-refractivity contribution is 5.32. The van der Waals surface area contributed by atoms with Crippen LogP contribution >= 0.6 is 0 Å². The fourth-order valence-corrected chi connectivity index (χ4v) is 1.66. The van der Waals surface area contributed by atoms with Gasteiger partial charge in [0.25, 0.3) is 0 Å². The Hall–Kier alpha value is -1.75. The van der Waals surface area contributed by atoms with Gasteiger partial charge in [0.1, 0.15) is 17.7 Å². The topological polar surface area (TPSA) is 38.0 Å². The van der Waals surface area contributed by atoms with Crippen molar-refractivity contribution in [2.45, 2.75) is 13.0 Å². The van der Waals surface area contributed by atoms with Gasteiger partial charge in [0, 0.05) is 13.2 Å². The molecule has 2 rings (SSSR count). The normalized spacial score (nSPS) is 12.8. The fraction of sp³-hybridized carbons (Fsp3) is 0.250. The number of aliphatic hydroxyl groups is 1. The number of hydrogen-bond donors (Lipinski definition) is 1. The zero-order valence-corrected chi connectivity index (χ0v) is 9.48. The van der Waals surface area contributed by atoms with Crippen LogP contribution in [0.5, 0.6) is 0 Å². The molecule has 0 bridgehead atoms. The fourth-order valence-electron chi connectivity index (χ4n) is 1.66. The molecule has 0 spiro atoms. The highest BCUT2D eigenvalue weighted by Gasteiger charge is 2.22. The van der Waals surface area contributed by atoms with Crippen molar-refractivity contribution in [2.75, 3.05) is 0 Å². The molecule has 17 heavy (non-hydrogen) atoms. The maximum Gasteiger partial charge on any atom is 0.135 e. The van der Waals surface area contributed by atoms with E-state index in [9.17, 15) is 13.9 Å². The van der Waals surface area contributed by atoms with Crippen molar-refractivity contribution < 1.29 is 13.9 Å². The van der Waals surface area contributed by atoms with Crippen LogP contribution in [0.3, 0.4) is 0 Å². The number of nitrogens with zero attached hydrogens (tertiary/aromatic N) is 2. The van der Waals surface area contributed by atoms with E-state index in [0.29, 0.717) is 0 Å². The second-order valence-corrected chi connectivity index (χ2v) is 3.91. The van der Waals surface area contributed by atoms with Crippen LogP contribution in [0.4, 0.5) is 8.78 Å². The first-order valence-corrected chi connectivity index (χ1v) is 5.13. The Bertz CT molecular complexity index is 551. The zero-order chi connectivity index (χ0) is 12.6. The summed E-state index contributed by atoms with van der Waals surface area (Å²) < 4.78 is 28.8. The molecular weight excluding hydrogens is 226 g/mol. The Morgan fingerprint density at radius 1 is 1.29 bits per heavy atom. The Morgan fingerprint density at radius 3 is 2.59 bits per heavy atom. The van der Waals surface area contributed by atoms with E-state index in [1.807, 2.05) is 0 Å². The van der Waals surface area contributed by atoms with Gasteiger partial charge in [0.15, 0.2) is 0 Å². The molecule has 0 radical (unpaired) electrons. The number of hydrogen-bond acceptors (Lipinski definition) is 2. The van der Waals surface area contributed by atoms with Crippen LogP contribution in [0.25, 0.3) is 0 Å². The summed E-state index contributed by atoms with van der Waals surface area (Å²) in [4.78, 5) is 0. The van der Waals surface area contributed by atoms with Gasteiger partial charge in [-0.15, -0.1) is 0 Å². The van der Waals surface area contributed by atoms with Crippen molar-refractivity contribution in [3.8, 4) is 0 Å². The quantitative estimate of drug-likeness (QED) is 0.870. The van der Waals surface area contributed by atoms with Crippen molar-refractivity contribution in [1.82, 2.24) is 9.78 Å². The van der Waals surface area contributed by atoms with E-state index in [-0.39, 0.29) is 16.8 Å². The summed E-state index contributed by atoms with van der Waals surface area (Å²) in [7, 11) is 1.67. The minimum atomic E-state index is -1.39. The van der Waals surface area contributed by atoms with Gasteiger partial charge in [-0.25, -0.2) is 8.78 Å². The van der Waals surface area contributed by atoms with Gasteiger partial charge in [-0.05, 0) is 24.6 Å². The minimum absolute atomic E-state index is 0.218. The first-order valence-electron chi connectivity index (χ1n) is 5.13. The molecular formula is C12H12F2N2O. The van der Waals surface area contributed by atoms with Crippen LogP contribution in [-0.4, -0.2) is 14.9 Å². The van der Waals surface area contributed by atoms with Crippen LogP contribution in [0.2, 0.25) is 0 Å². The van der Waals surface area contributed by atoms with Crippen LogP contribution < -0.4 is 0 Å². The zero-order valence-electron chi connectivity index (χ0n) is 9.48. The molecule has 1 atom stereocenters. The first kappa shape index (κ1) is 11.7. The Morgan fingerprint density at radius 2 is 2.00 bits per heavy atom. The van der Waals surface area contributed by atoms with Crippen molar-refractivity contribution in [3.63, 3.8) is 0 Å². The maximum atomic E-state index is 13.8. The lowest BCUT2D eigenvalue weighted by Crippen LogP contribution is -2.08. The van der Waals surface area contributed by atoms with E-state index in [2.05, 4.69) is 5.10 Å². The Labute approximate surface area is 97.3 Å². The standard InChI is InChI=1S/C12H12F2N2O/c1-7-3-4-8(13)10(11(7)14)12(17)9-5-6-16(2)15-9/h3-6,12,17H,1-2H3. The molecule has 2 aromatic rings. The molecule has 3 nitrogen and oxygen atoms in total. The van der Waals surface area contributed by atoms with E-state index < -0.39 is 17.7 Å². The van der Waals surface area contributed by atoms with Crippen LogP contribution in [0.15, 0.2) is 24.4 Å². The molecule has 1 heterocycles. The predicted molar refractivity (Wildman–Crippen MR) is 58.4 cm³/mol. The van der Waals surface area contributed by atoms with Gasteiger partial charge in [-0.3, -0.25) is 4.68 Å². The number of rotatable bonds is 2. The van der Waals surface area contributed by atoms with Crippen molar-refractivity contribution >= 4 is 0 Å². The van der Waals surface area contributed by atoms with E-state index in [0.717, 1.165) is 6.07 Å². The summed E-state index contributed by atoms with van der Waals surface area (Å²) in [5, 5.41) is 13.9. The maximum absolute atomic E-state index is 13.8. The molecule has 0 fully saturated rings. The van der Waals surface area contributed by atoms with Gasteiger partial charge in [-0.1, -0.05) is 6.07 Å². The van der Waals surface area contributed by atoms with Gasteiger partial charge < -0.3 is 5.11 Å². The summed E-state index contributed by atoms with van der Waals surface area (Å²) in [6, 6.07) is 3.99.